The van der Waals surface area contributed by atoms with Crippen molar-refractivity contribution in [1.29, 1.82) is 0 Å². The summed E-state index contributed by atoms with van der Waals surface area (Å²) in [5.41, 5.74) is 2.06. The third-order valence-electron chi connectivity index (χ3n) is 3.04. The monoisotopic (exact) mass is 281 g/mol. The quantitative estimate of drug-likeness (QED) is 0.588. The molecule has 2 heterocycles. The third kappa shape index (κ3) is 2.48. The number of aromatic amines is 1. The van der Waals surface area contributed by atoms with Crippen LogP contribution in [0.4, 0.5) is 5.69 Å². The van der Waals surface area contributed by atoms with Crippen molar-refractivity contribution in [2.45, 2.75) is 6.92 Å². The second-order valence-electron chi connectivity index (χ2n) is 4.48. The molecule has 104 valence electrons. The molecular formula is C14H11N5O2. The van der Waals surface area contributed by atoms with Crippen molar-refractivity contribution < 1.29 is 4.92 Å². The molecule has 0 aliphatic heterocycles. The number of hydrogen-bond acceptors (Lipinski definition) is 5. The van der Waals surface area contributed by atoms with Gasteiger partial charge in [-0.05, 0) is 31.2 Å². The first-order valence-corrected chi connectivity index (χ1v) is 6.24. The molecule has 0 spiro atoms. The van der Waals surface area contributed by atoms with Gasteiger partial charge in [0.25, 0.3) is 5.69 Å². The smallest absolute Gasteiger partial charge is 0.258 e. The Kier molecular flexibility index (Phi) is 3.15. The third-order valence-corrected chi connectivity index (χ3v) is 3.04. The minimum atomic E-state index is -0.406. The van der Waals surface area contributed by atoms with Crippen LogP contribution in [0.3, 0.4) is 0 Å². The van der Waals surface area contributed by atoms with E-state index in [2.05, 4.69) is 20.2 Å². The van der Waals surface area contributed by atoms with Crippen LogP contribution in [-0.4, -0.2) is 25.1 Å². The van der Waals surface area contributed by atoms with Gasteiger partial charge in [-0.2, -0.15) is 5.10 Å². The predicted octanol–water partition coefficient (Wildman–Crippen LogP) is 2.75. The fourth-order valence-electron chi connectivity index (χ4n) is 2.01. The molecule has 0 atom stereocenters. The van der Waals surface area contributed by atoms with E-state index < -0.39 is 4.92 Å². The number of rotatable bonds is 3. The Morgan fingerprint density at radius 3 is 2.76 bits per heavy atom. The Hall–Kier alpha value is -3.09. The van der Waals surface area contributed by atoms with Crippen molar-refractivity contribution in [1.82, 2.24) is 20.2 Å². The highest BCUT2D eigenvalue weighted by molar-refractivity contribution is 5.62. The summed E-state index contributed by atoms with van der Waals surface area (Å²) < 4.78 is 0. The minimum absolute atomic E-state index is 0.0826. The lowest BCUT2D eigenvalue weighted by Crippen LogP contribution is -1.92. The normalized spacial score (nSPS) is 10.5. The fourth-order valence-corrected chi connectivity index (χ4v) is 2.01. The zero-order valence-corrected chi connectivity index (χ0v) is 11.1. The van der Waals surface area contributed by atoms with Gasteiger partial charge in [0.15, 0.2) is 11.6 Å². The van der Waals surface area contributed by atoms with Crippen LogP contribution in [0.1, 0.15) is 5.56 Å². The van der Waals surface area contributed by atoms with E-state index in [9.17, 15) is 10.1 Å². The molecule has 0 bridgehead atoms. The zero-order valence-electron chi connectivity index (χ0n) is 11.1. The number of nitro benzene ring substituents is 1. The first-order chi connectivity index (χ1) is 10.1. The molecule has 0 saturated heterocycles. The van der Waals surface area contributed by atoms with Crippen molar-refractivity contribution in [2.75, 3.05) is 0 Å². The summed E-state index contributed by atoms with van der Waals surface area (Å²) in [6, 6.07) is 10.3. The summed E-state index contributed by atoms with van der Waals surface area (Å²) in [5.74, 6) is 1.04. The van der Waals surface area contributed by atoms with Gasteiger partial charge in [0, 0.05) is 23.4 Å². The molecule has 2 aromatic heterocycles. The number of aromatic nitrogens is 4. The van der Waals surface area contributed by atoms with E-state index in [0.717, 1.165) is 5.56 Å². The number of pyridine rings is 1. The van der Waals surface area contributed by atoms with E-state index in [1.807, 2.05) is 18.2 Å². The van der Waals surface area contributed by atoms with Crippen LogP contribution in [0.2, 0.25) is 0 Å². The van der Waals surface area contributed by atoms with E-state index in [4.69, 9.17) is 0 Å². The molecule has 1 N–H and O–H groups in total. The number of H-pyrrole nitrogens is 1. The molecule has 3 rings (SSSR count). The Morgan fingerprint density at radius 1 is 1.24 bits per heavy atom. The number of benzene rings is 1. The molecular weight excluding hydrogens is 270 g/mol. The van der Waals surface area contributed by atoms with Crippen LogP contribution < -0.4 is 0 Å². The van der Waals surface area contributed by atoms with Crippen LogP contribution in [0.5, 0.6) is 0 Å². The summed E-state index contributed by atoms with van der Waals surface area (Å²) in [4.78, 5) is 19.0. The molecule has 7 heteroatoms. The first-order valence-electron chi connectivity index (χ1n) is 6.24. The number of hydrogen-bond donors (Lipinski definition) is 1. The van der Waals surface area contributed by atoms with E-state index in [1.54, 1.807) is 25.3 Å². The van der Waals surface area contributed by atoms with Crippen molar-refractivity contribution in [3.63, 3.8) is 0 Å². The number of nitrogens with zero attached hydrogens (tertiary/aromatic N) is 4. The summed E-state index contributed by atoms with van der Waals surface area (Å²) >= 11 is 0. The summed E-state index contributed by atoms with van der Waals surface area (Å²) in [5, 5.41) is 17.8. The lowest BCUT2D eigenvalue weighted by atomic mass is 10.1. The van der Waals surface area contributed by atoms with Crippen LogP contribution in [0.25, 0.3) is 22.9 Å². The molecule has 0 aliphatic carbocycles. The van der Waals surface area contributed by atoms with E-state index >= 15 is 0 Å². The highest BCUT2D eigenvalue weighted by Crippen LogP contribution is 2.24. The van der Waals surface area contributed by atoms with Crippen molar-refractivity contribution >= 4 is 5.69 Å². The highest BCUT2D eigenvalue weighted by atomic mass is 16.6. The Bertz CT molecular complexity index is 798. The topological polar surface area (TPSA) is 97.6 Å². The highest BCUT2D eigenvalue weighted by Gasteiger charge is 2.14. The molecule has 1 aromatic carbocycles. The van der Waals surface area contributed by atoms with Gasteiger partial charge in [0.2, 0.25) is 0 Å². The molecule has 3 aromatic rings. The Labute approximate surface area is 119 Å². The number of nitro groups is 1. The molecule has 0 radical (unpaired) electrons. The van der Waals surface area contributed by atoms with E-state index in [1.165, 1.54) is 6.07 Å². The largest absolute Gasteiger partial charge is 0.272 e. The van der Waals surface area contributed by atoms with Crippen LogP contribution >= 0.6 is 0 Å². The summed E-state index contributed by atoms with van der Waals surface area (Å²) in [6.07, 6.45) is 1.67. The second-order valence-corrected chi connectivity index (χ2v) is 4.48. The minimum Gasteiger partial charge on any atom is -0.258 e. The molecule has 0 saturated carbocycles. The van der Waals surface area contributed by atoms with Gasteiger partial charge in [0.05, 0.1) is 4.92 Å². The molecule has 0 unspecified atom stereocenters. The lowest BCUT2D eigenvalue weighted by molar-refractivity contribution is -0.385. The number of nitrogens with one attached hydrogen (secondary N) is 1. The van der Waals surface area contributed by atoms with Crippen molar-refractivity contribution in [3.05, 3.63) is 58.3 Å². The summed E-state index contributed by atoms with van der Waals surface area (Å²) in [6.45, 7) is 1.69. The second kappa shape index (κ2) is 5.12. The van der Waals surface area contributed by atoms with Crippen LogP contribution in [-0.2, 0) is 0 Å². The summed E-state index contributed by atoms with van der Waals surface area (Å²) in [7, 11) is 0. The average molecular weight is 281 g/mol. The van der Waals surface area contributed by atoms with E-state index in [0.29, 0.717) is 22.9 Å². The molecule has 0 fully saturated rings. The van der Waals surface area contributed by atoms with E-state index in [-0.39, 0.29) is 5.69 Å². The molecule has 0 amide bonds. The maximum Gasteiger partial charge on any atom is 0.272 e. The van der Waals surface area contributed by atoms with Gasteiger partial charge in [-0.3, -0.25) is 20.2 Å². The molecule has 0 aliphatic rings. The van der Waals surface area contributed by atoms with Gasteiger partial charge in [-0.25, -0.2) is 4.98 Å². The number of aryl methyl sites for hydroxylation is 1. The van der Waals surface area contributed by atoms with Crippen LogP contribution in [0.15, 0.2) is 42.6 Å². The fraction of sp³-hybridized carbons (Fsp3) is 0.0714. The van der Waals surface area contributed by atoms with Gasteiger partial charge in [-0.1, -0.05) is 6.07 Å². The maximum atomic E-state index is 10.8. The lowest BCUT2D eigenvalue weighted by Gasteiger charge is -1.99. The van der Waals surface area contributed by atoms with Crippen molar-refractivity contribution in [3.8, 4) is 22.9 Å². The van der Waals surface area contributed by atoms with Crippen molar-refractivity contribution in [2.24, 2.45) is 0 Å². The SMILES string of the molecule is Cc1cc(-c2n[nH]c(-c3ccccn3)n2)ccc1[N+](=O)[O-]. The zero-order chi connectivity index (χ0) is 14.8. The Morgan fingerprint density at radius 2 is 2.10 bits per heavy atom. The predicted molar refractivity (Wildman–Crippen MR) is 76.4 cm³/mol. The van der Waals surface area contributed by atoms with Gasteiger partial charge < -0.3 is 0 Å². The Balaban J connectivity index is 1.97. The first kappa shape index (κ1) is 12.9. The van der Waals surface area contributed by atoms with Crippen LogP contribution in [0, 0.1) is 17.0 Å². The average Bonchev–Trinajstić information content (AvgIpc) is 2.97. The standard InChI is InChI=1S/C14H11N5O2/c1-9-8-10(5-6-12(9)19(20)21)13-16-14(18-17-13)11-4-2-3-7-15-11/h2-8H,1H3,(H,16,17,18). The van der Waals surface area contributed by atoms with Gasteiger partial charge in [0.1, 0.15) is 5.69 Å². The maximum absolute atomic E-state index is 10.8. The molecule has 21 heavy (non-hydrogen) atoms. The van der Waals surface area contributed by atoms with Gasteiger partial charge >= 0.3 is 0 Å². The molecule has 7 nitrogen and oxygen atoms in total. The van der Waals surface area contributed by atoms with Gasteiger partial charge in [-0.15, -0.1) is 0 Å².